The number of aromatic nitrogens is 2. The van der Waals surface area contributed by atoms with Crippen molar-refractivity contribution in [1.29, 1.82) is 0 Å². The number of rotatable bonds is 4. The van der Waals surface area contributed by atoms with Gasteiger partial charge in [0.25, 0.3) is 0 Å². The standard InChI is InChI=1S/C13H15ClN2S/c1-9(2)13-15-12(17-16-13)8-11(14)10-6-4-3-5-7-10/h3-7,9,11H,8H2,1-2H3. The molecule has 1 atom stereocenters. The highest BCUT2D eigenvalue weighted by molar-refractivity contribution is 7.05. The number of hydrogen-bond acceptors (Lipinski definition) is 3. The Balaban J connectivity index is 2.05. The fourth-order valence-corrected chi connectivity index (χ4v) is 2.73. The molecule has 1 aromatic heterocycles. The van der Waals surface area contributed by atoms with Gasteiger partial charge in [-0.05, 0) is 17.1 Å². The summed E-state index contributed by atoms with van der Waals surface area (Å²) in [7, 11) is 0. The molecule has 1 unspecified atom stereocenters. The van der Waals surface area contributed by atoms with E-state index in [0.29, 0.717) is 5.92 Å². The van der Waals surface area contributed by atoms with Gasteiger partial charge >= 0.3 is 0 Å². The third-order valence-corrected chi connectivity index (χ3v) is 3.67. The third-order valence-electron chi connectivity index (χ3n) is 2.52. The SMILES string of the molecule is CC(C)c1nsc(CC(Cl)c2ccccc2)n1. The molecule has 0 aliphatic heterocycles. The van der Waals surface area contributed by atoms with E-state index in [2.05, 4.69) is 23.2 Å². The number of hydrogen-bond donors (Lipinski definition) is 0. The van der Waals surface area contributed by atoms with E-state index in [9.17, 15) is 0 Å². The van der Waals surface area contributed by atoms with Crippen LogP contribution in [0.5, 0.6) is 0 Å². The molecule has 0 saturated heterocycles. The van der Waals surface area contributed by atoms with Gasteiger partial charge in [-0.15, -0.1) is 11.6 Å². The first-order valence-electron chi connectivity index (χ1n) is 5.68. The zero-order valence-electron chi connectivity index (χ0n) is 9.93. The molecule has 2 nitrogen and oxygen atoms in total. The Morgan fingerprint density at radius 2 is 1.94 bits per heavy atom. The maximum Gasteiger partial charge on any atom is 0.145 e. The molecular weight excluding hydrogens is 252 g/mol. The van der Waals surface area contributed by atoms with Gasteiger partial charge in [0.1, 0.15) is 10.8 Å². The fourth-order valence-electron chi connectivity index (χ4n) is 1.52. The molecule has 1 heterocycles. The maximum atomic E-state index is 6.37. The molecule has 0 amide bonds. The molecule has 0 radical (unpaired) electrons. The van der Waals surface area contributed by atoms with Crippen LogP contribution >= 0.6 is 23.1 Å². The molecule has 0 spiro atoms. The lowest BCUT2D eigenvalue weighted by Crippen LogP contribution is -1.96. The van der Waals surface area contributed by atoms with E-state index >= 15 is 0 Å². The van der Waals surface area contributed by atoms with Crippen LogP contribution in [-0.2, 0) is 6.42 Å². The van der Waals surface area contributed by atoms with E-state index in [0.717, 1.165) is 22.8 Å². The monoisotopic (exact) mass is 266 g/mol. The van der Waals surface area contributed by atoms with Crippen LogP contribution in [0, 0.1) is 0 Å². The number of benzene rings is 1. The van der Waals surface area contributed by atoms with Crippen molar-refractivity contribution in [2.24, 2.45) is 0 Å². The quantitative estimate of drug-likeness (QED) is 0.776. The predicted octanol–water partition coefficient (Wildman–Crippen LogP) is 4.18. The second kappa shape index (κ2) is 5.61. The van der Waals surface area contributed by atoms with Crippen LogP contribution in [0.2, 0.25) is 0 Å². The van der Waals surface area contributed by atoms with Gasteiger partial charge < -0.3 is 0 Å². The van der Waals surface area contributed by atoms with Crippen LogP contribution in [0.1, 0.15) is 41.5 Å². The summed E-state index contributed by atoms with van der Waals surface area (Å²) in [5.74, 6) is 1.30. The van der Waals surface area contributed by atoms with Gasteiger partial charge in [0.05, 0.1) is 5.38 Å². The van der Waals surface area contributed by atoms with Crippen molar-refractivity contribution >= 4 is 23.1 Å². The molecule has 2 rings (SSSR count). The maximum absolute atomic E-state index is 6.37. The van der Waals surface area contributed by atoms with Crippen molar-refractivity contribution in [2.75, 3.05) is 0 Å². The molecule has 90 valence electrons. The van der Waals surface area contributed by atoms with Gasteiger partial charge in [0, 0.05) is 12.3 Å². The lowest BCUT2D eigenvalue weighted by atomic mass is 10.1. The molecule has 0 fully saturated rings. The number of nitrogens with zero attached hydrogens (tertiary/aromatic N) is 2. The lowest BCUT2D eigenvalue weighted by Gasteiger charge is -2.06. The zero-order chi connectivity index (χ0) is 12.3. The minimum Gasteiger partial charge on any atom is -0.224 e. The van der Waals surface area contributed by atoms with Crippen molar-refractivity contribution in [3.05, 3.63) is 46.7 Å². The van der Waals surface area contributed by atoms with E-state index in [1.807, 2.05) is 30.3 Å². The summed E-state index contributed by atoms with van der Waals surface area (Å²) in [6.07, 6.45) is 0.746. The Kier molecular flexibility index (Phi) is 4.13. The Labute approximate surface area is 111 Å². The highest BCUT2D eigenvalue weighted by Crippen LogP contribution is 2.26. The summed E-state index contributed by atoms with van der Waals surface area (Å²) in [5.41, 5.74) is 1.13. The minimum absolute atomic E-state index is 0.0239. The summed E-state index contributed by atoms with van der Waals surface area (Å²) in [5, 5.41) is 0.988. The van der Waals surface area contributed by atoms with Crippen LogP contribution in [0.25, 0.3) is 0 Å². The van der Waals surface area contributed by atoms with E-state index in [-0.39, 0.29) is 5.38 Å². The van der Waals surface area contributed by atoms with Crippen molar-refractivity contribution in [2.45, 2.75) is 31.6 Å². The molecule has 0 aliphatic rings. The average Bonchev–Trinajstić information content (AvgIpc) is 2.79. The van der Waals surface area contributed by atoms with E-state index < -0.39 is 0 Å². The van der Waals surface area contributed by atoms with Gasteiger partial charge in [-0.3, -0.25) is 0 Å². The van der Waals surface area contributed by atoms with Gasteiger partial charge in [-0.25, -0.2) is 4.98 Å². The molecule has 17 heavy (non-hydrogen) atoms. The first kappa shape index (κ1) is 12.5. The summed E-state index contributed by atoms with van der Waals surface area (Å²) >= 11 is 7.82. The number of halogens is 1. The normalized spacial score (nSPS) is 12.9. The van der Waals surface area contributed by atoms with E-state index in [4.69, 9.17) is 11.6 Å². The Morgan fingerprint density at radius 3 is 2.53 bits per heavy atom. The lowest BCUT2D eigenvalue weighted by molar-refractivity contribution is 0.784. The smallest absolute Gasteiger partial charge is 0.145 e. The highest BCUT2D eigenvalue weighted by Gasteiger charge is 2.13. The summed E-state index contributed by atoms with van der Waals surface area (Å²) in [6, 6.07) is 10.1. The molecule has 2 aromatic rings. The first-order valence-corrected chi connectivity index (χ1v) is 6.89. The van der Waals surface area contributed by atoms with Crippen LogP contribution in [0.4, 0.5) is 0 Å². The minimum atomic E-state index is -0.0239. The van der Waals surface area contributed by atoms with E-state index in [1.165, 1.54) is 11.5 Å². The van der Waals surface area contributed by atoms with Crippen LogP contribution < -0.4 is 0 Å². The molecule has 0 bridgehead atoms. The summed E-state index contributed by atoms with van der Waals surface area (Å²) in [4.78, 5) is 4.50. The summed E-state index contributed by atoms with van der Waals surface area (Å²) < 4.78 is 4.33. The first-order chi connectivity index (χ1) is 8.16. The van der Waals surface area contributed by atoms with E-state index in [1.54, 1.807) is 0 Å². The largest absolute Gasteiger partial charge is 0.224 e. The van der Waals surface area contributed by atoms with Crippen LogP contribution in [0.3, 0.4) is 0 Å². The average molecular weight is 267 g/mol. The van der Waals surface area contributed by atoms with Crippen molar-refractivity contribution in [3.63, 3.8) is 0 Å². The second-order valence-corrected chi connectivity index (χ2v) is 5.65. The summed E-state index contributed by atoms with van der Waals surface area (Å²) in [6.45, 7) is 4.20. The van der Waals surface area contributed by atoms with Crippen LogP contribution in [0.15, 0.2) is 30.3 Å². The molecule has 4 heteroatoms. The van der Waals surface area contributed by atoms with Gasteiger partial charge in [0.15, 0.2) is 0 Å². The third kappa shape index (κ3) is 3.27. The molecule has 1 aromatic carbocycles. The fraction of sp³-hybridized carbons (Fsp3) is 0.385. The zero-order valence-corrected chi connectivity index (χ0v) is 11.5. The van der Waals surface area contributed by atoms with Crippen molar-refractivity contribution in [3.8, 4) is 0 Å². The Hall–Kier alpha value is -0.930. The Morgan fingerprint density at radius 1 is 1.24 bits per heavy atom. The molecule has 0 N–H and O–H groups in total. The number of alkyl halides is 1. The molecular formula is C13H15ClN2S. The Bertz CT molecular complexity index is 467. The van der Waals surface area contributed by atoms with Gasteiger partial charge in [-0.1, -0.05) is 44.2 Å². The van der Waals surface area contributed by atoms with Crippen molar-refractivity contribution < 1.29 is 0 Å². The van der Waals surface area contributed by atoms with Crippen LogP contribution in [-0.4, -0.2) is 9.36 Å². The second-order valence-electron chi connectivity index (χ2n) is 4.28. The van der Waals surface area contributed by atoms with Gasteiger partial charge in [-0.2, -0.15) is 4.37 Å². The predicted molar refractivity (Wildman–Crippen MR) is 72.7 cm³/mol. The highest BCUT2D eigenvalue weighted by atomic mass is 35.5. The van der Waals surface area contributed by atoms with Gasteiger partial charge in [0.2, 0.25) is 0 Å². The molecule has 0 saturated carbocycles. The molecule has 0 aliphatic carbocycles. The van der Waals surface area contributed by atoms with Crippen molar-refractivity contribution in [1.82, 2.24) is 9.36 Å². The topological polar surface area (TPSA) is 25.8 Å².